The Kier molecular flexibility index (Phi) is 1.29. The molecule has 0 radical (unpaired) electrons. The number of aliphatic imine (C=N–C) groups is 1. The standard InChI is InChI=1S/C8H4ClNO/c9-7-5-3-1-2-4-6(5)8(11)10-7/h1-4H. The van der Waals surface area contributed by atoms with Gasteiger partial charge in [-0.2, -0.15) is 4.99 Å². The average molecular weight is 166 g/mol. The zero-order valence-corrected chi connectivity index (χ0v) is 6.30. The number of carbonyl (C=O) groups is 1. The van der Waals surface area contributed by atoms with Crippen LogP contribution in [0.2, 0.25) is 0 Å². The highest BCUT2D eigenvalue weighted by atomic mass is 35.5. The largest absolute Gasteiger partial charge is 0.279 e. The fourth-order valence-electron chi connectivity index (χ4n) is 1.06. The van der Waals surface area contributed by atoms with E-state index in [0.29, 0.717) is 10.7 Å². The summed E-state index contributed by atoms with van der Waals surface area (Å²) in [6, 6.07) is 7.12. The first-order chi connectivity index (χ1) is 5.29. The van der Waals surface area contributed by atoms with Crippen molar-refractivity contribution in [1.29, 1.82) is 0 Å². The molecule has 2 nitrogen and oxygen atoms in total. The average Bonchev–Trinajstić information content (AvgIpc) is 2.30. The second-order valence-electron chi connectivity index (χ2n) is 2.25. The van der Waals surface area contributed by atoms with E-state index in [1.54, 1.807) is 18.2 Å². The van der Waals surface area contributed by atoms with E-state index in [-0.39, 0.29) is 5.91 Å². The Hall–Kier alpha value is -1.15. The molecule has 0 saturated carbocycles. The number of hydrogen-bond acceptors (Lipinski definition) is 1. The molecule has 3 heteroatoms. The molecule has 0 aromatic heterocycles. The van der Waals surface area contributed by atoms with Crippen molar-refractivity contribution in [2.75, 3.05) is 0 Å². The predicted molar refractivity (Wildman–Crippen MR) is 43.2 cm³/mol. The highest BCUT2D eigenvalue weighted by Crippen LogP contribution is 2.19. The van der Waals surface area contributed by atoms with Crippen LogP contribution in [0.25, 0.3) is 0 Å². The summed E-state index contributed by atoms with van der Waals surface area (Å²) in [5.41, 5.74) is 1.33. The molecule has 54 valence electrons. The van der Waals surface area contributed by atoms with Gasteiger partial charge in [0.05, 0.1) is 5.56 Å². The third-order valence-corrected chi connectivity index (χ3v) is 1.87. The molecule has 0 unspecified atom stereocenters. The molecule has 1 aliphatic rings. The maximum atomic E-state index is 11.0. The lowest BCUT2D eigenvalue weighted by atomic mass is 10.1. The van der Waals surface area contributed by atoms with Gasteiger partial charge in [0, 0.05) is 5.56 Å². The molecule has 0 N–H and O–H groups in total. The zero-order chi connectivity index (χ0) is 7.84. The molecule has 11 heavy (non-hydrogen) atoms. The first-order valence-electron chi connectivity index (χ1n) is 3.17. The Morgan fingerprint density at radius 1 is 1.18 bits per heavy atom. The van der Waals surface area contributed by atoms with Crippen LogP contribution < -0.4 is 0 Å². The monoisotopic (exact) mass is 165 g/mol. The molecule has 1 aromatic rings. The quantitative estimate of drug-likeness (QED) is 0.577. The van der Waals surface area contributed by atoms with E-state index in [1.807, 2.05) is 6.07 Å². The van der Waals surface area contributed by atoms with Gasteiger partial charge < -0.3 is 0 Å². The van der Waals surface area contributed by atoms with Gasteiger partial charge in [-0.1, -0.05) is 29.8 Å². The van der Waals surface area contributed by atoms with E-state index < -0.39 is 0 Å². The normalized spacial score (nSPS) is 14.6. The number of amides is 1. The van der Waals surface area contributed by atoms with Gasteiger partial charge in [0.2, 0.25) is 0 Å². The number of rotatable bonds is 0. The Bertz CT molecular complexity index is 357. The van der Waals surface area contributed by atoms with E-state index in [1.165, 1.54) is 0 Å². The van der Waals surface area contributed by atoms with Crippen molar-refractivity contribution < 1.29 is 4.79 Å². The lowest BCUT2D eigenvalue weighted by Gasteiger charge is -1.92. The van der Waals surface area contributed by atoms with Gasteiger partial charge in [-0.15, -0.1) is 0 Å². The van der Waals surface area contributed by atoms with Gasteiger partial charge >= 0.3 is 0 Å². The van der Waals surface area contributed by atoms with E-state index in [4.69, 9.17) is 11.6 Å². The minimum Gasteiger partial charge on any atom is -0.267 e. The SMILES string of the molecule is O=C1N=C(Cl)c2ccccc21. The number of nitrogens with zero attached hydrogens (tertiary/aromatic N) is 1. The van der Waals surface area contributed by atoms with Gasteiger partial charge in [0.15, 0.2) is 0 Å². The number of halogens is 1. The molecule has 0 aliphatic carbocycles. The van der Waals surface area contributed by atoms with Gasteiger partial charge in [0.1, 0.15) is 5.17 Å². The number of fused-ring (bicyclic) bond motifs is 1. The summed E-state index contributed by atoms with van der Waals surface area (Å²) in [5.74, 6) is -0.245. The number of benzene rings is 1. The number of carbonyl (C=O) groups excluding carboxylic acids is 1. The van der Waals surface area contributed by atoms with Crippen molar-refractivity contribution in [1.82, 2.24) is 0 Å². The highest BCUT2D eigenvalue weighted by Gasteiger charge is 2.20. The van der Waals surface area contributed by atoms with Crippen molar-refractivity contribution in [3.8, 4) is 0 Å². The molecule has 1 aliphatic heterocycles. The summed E-state index contributed by atoms with van der Waals surface area (Å²) < 4.78 is 0. The van der Waals surface area contributed by atoms with Gasteiger partial charge in [-0.05, 0) is 6.07 Å². The van der Waals surface area contributed by atoms with Crippen molar-refractivity contribution in [2.45, 2.75) is 0 Å². The first kappa shape index (κ1) is 6.55. The molecule has 1 aromatic carbocycles. The molecular formula is C8H4ClNO. The topological polar surface area (TPSA) is 29.4 Å². The maximum Gasteiger partial charge on any atom is 0.279 e. The molecule has 0 bridgehead atoms. The van der Waals surface area contributed by atoms with E-state index in [9.17, 15) is 4.79 Å². The molecule has 0 fully saturated rings. The third kappa shape index (κ3) is 0.870. The summed E-state index contributed by atoms with van der Waals surface area (Å²) in [6.07, 6.45) is 0. The first-order valence-corrected chi connectivity index (χ1v) is 3.55. The fraction of sp³-hybridized carbons (Fsp3) is 0. The maximum absolute atomic E-state index is 11.0. The summed E-state index contributed by atoms with van der Waals surface area (Å²) >= 11 is 5.67. The predicted octanol–water partition coefficient (Wildman–Crippen LogP) is 1.83. The van der Waals surface area contributed by atoms with Gasteiger partial charge in [-0.25, -0.2) is 0 Å². The zero-order valence-electron chi connectivity index (χ0n) is 5.54. The summed E-state index contributed by atoms with van der Waals surface area (Å²) in [7, 11) is 0. The molecule has 1 heterocycles. The van der Waals surface area contributed by atoms with Crippen molar-refractivity contribution in [3.05, 3.63) is 35.4 Å². The van der Waals surface area contributed by atoms with Crippen LogP contribution in [0.5, 0.6) is 0 Å². The second-order valence-corrected chi connectivity index (χ2v) is 2.61. The van der Waals surface area contributed by atoms with Crippen molar-refractivity contribution in [2.24, 2.45) is 4.99 Å². The summed E-state index contributed by atoms with van der Waals surface area (Å²) in [4.78, 5) is 14.6. The summed E-state index contributed by atoms with van der Waals surface area (Å²) in [6.45, 7) is 0. The lowest BCUT2D eigenvalue weighted by molar-refractivity contribution is 0.101. The minimum atomic E-state index is -0.245. The molecular weight excluding hydrogens is 162 g/mol. The van der Waals surface area contributed by atoms with E-state index >= 15 is 0 Å². The van der Waals surface area contributed by atoms with Gasteiger partial charge in [-0.3, -0.25) is 4.79 Å². The third-order valence-electron chi connectivity index (χ3n) is 1.58. The van der Waals surface area contributed by atoms with Crippen LogP contribution in [-0.2, 0) is 0 Å². The Morgan fingerprint density at radius 3 is 2.45 bits per heavy atom. The van der Waals surface area contributed by atoms with Gasteiger partial charge in [0.25, 0.3) is 5.91 Å². The van der Waals surface area contributed by atoms with E-state index in [0.717, 1.165) is 5.56 Å². The molecule has 2 rings (SSSR count). The lowest BCUT2D eigenvalue weighted by Crippen LogP contribution is -1.90. The Balaban J connectivity index is 2.71. The Labute approximate surface area is 68.5 Å². The van der Waals surface area contributed by atoms with Crippen LogP contribution in [0.3, 0.4) is 0 Å². The fourth-order valence-corrected chi connectivity index (χ4v) is 1.30. The van der Waals surface area contributed by atoms with Crippen LogP contribution in [0.15, 0.2) is 29.3 Å². The van der Waals surface area contributed by atoms with Crippen LogP contribution in [0.4, 0.5) is 0 Å². The molecule has 0 saturated heterocycles. The van der Waals surface area contributed by atoms with Crippen LogP contribution in [0, 0.1) is 0 Å². The second kappa shape index (κ2) is 2.17. The molecule has 0 spiro atoms. The summed E-state index contributed by atoms with van der Waals surface area (Å²) in [5, 5.41) is 0.297. The van der Waals surface area contributed by atoms with Crippen molar-refractivity contribution in [3.63, 3.8) is 0 Å². The Morgan fingerprint density at radius 2 is 1.82 bits per heavy atom. The van der Waals surface area contributed by atoms with Crippen LogP contribution in [0.1, 0.15) is 15.9 Å². The van der Waals surface area contributed by atoms with Crippen LogP contribution in [-0.4, -0.2) is 11.1 Å². The molecule has 0 atom stereocenters. The van der Waals surface area contributed by atoms with Crippen molar-refractivity contribution >= 4 is 22.7 Å². The van der Waals surface area contributed by atoms with Crippen LogP contribution >= 0.6 is 11.6 Å². The highest BCUT2D eigenvalue weighted by molar-refractivity contribution is 6.72. The van der Waals surface area contributed by atoms with E-state index in [2.05, 4.69) is 4.99 Å². The molecule has 1 amide bonds. The minimum absolute atomic E-state index is 0.245. The smallest absolute Gasteiger partial charge is 0.267 e. The number of hydrogen-bond donors (Lipinski definition) is 0.